The second-order valence-electron chi connectivity index (χ2n) is 5.24. The minimum absolute atomic E-state index is 0.375. The first-order valence-corrected chi connectivity index (χ1v) is 6.56. The number of carbonyl (C=O) groups is 1. The Morgan fingerprint density at radius 1 is 1.42 bits per heavy atom. The summed E-state index contributed by atoms with van der Waals surface area (Å²) in [5, 5.41) is 1.53. The molecular formula is C15H20N2O2. The SMILES string of the molecule is CC(C)C[C@@H](N)C(=O)ON1C=Cc2ccccc2C1. The highest BCUT2D eigenvalue weighted by molar-refractivity contribution is 5.75. The normalized spacial score (nSPS) is 15.3. The van der Waals surface area contributed by atoms with Gasteiger partial charge in [-0.2, -0.15) is 0 Å². The van der Waals surface area contributed by atoms with E-state index in [1.165, 1.54) is 5.06 Å². The lowest BCUT2D eigenvalue weighted by Crippen LogP contribution is -2.37. The van der Waals surface area contributed by atoms with Crippen molar-refractivity contribution in [3.63, 3.8) is 0 Å². The maximum atomic E-state index is 11.8. The third kappa shape index (κ3) is 3.58. The molecule has 2 N–H and O–H groups in total. The third-order valence-corrected chi connectivity index (χ3v) is 3.04. The highest BCUT2D eigenvalue weighted by Crippen LogP contribution is 2.19. The van der Waals surface area contributed by atoms with Gasteiger partial charge >= 0.3 is 5.97 Å². The van der Waals surface area contributed by atoms with Crippen LogP contribution in [0.15, 0.2) is 30.5 Å². The molecule has 4 heteroatoms. The van der Waals surface area contributed by atoms with E-state index in [2.05, 4.69) is 0 Å². The fourth-order valence-corrected chi connectivity index (χ4v) is 2.07. The fourth-order valence-electron chi connectivity index (χ4n) is 2.07. The number of hydrogen-bond donors (Lipinski definition) is 1. The van der Waals surface area contributed by atoms with E-state index in [0.29, 0.717) is 18.9 Å². The molecule has 0 aromatic heterocycles. The molecule has 0 amide bonds. The van der Waals surface area contributed by atoms with E-state index in [1.807, 2.05) is 44.2 Å². The molecule has 0 saturated carbocycles. The Bertz CT molecular complexity index is 483. The number of carbonyl (C=O) groups excluding carboxylic acids is 1. The molecule has 1 atom stereocenters. The second kappa shape index (κ2) is 5.89. The highest BCUT2D eigenvalue weighted by Gasteiger charge is 2.20. The molecule has 0 unspecified atom stereocenters. The predicted octanol–water partition coefficient (Wildman–Crippen LogP) is 2.30. The highest BCUT2D eigenvalue weighted by atomic mass is 16.7. The van der Waals surface area contributed by atoms with E-state index in [4.69, 9.17) is 10.6 Å². The minimum Gasteiger partial charge on any atom is -0.339 e. The van der Waals surface area contributed by atoms with Gasteiger partial charge in [-0.3, -0.25) is 0 Å². The smallest absolute Gasteiger partial charge is 0.339 e. The van der Waals surface area contributed by atoms with Crippen LogP contribution >= 0.6 is 0 Å². The molecule has 0 fully saturated rings. The number of nitrogens with zero attached hydrogens (tertiary/aromatic N) is 1. The molecular weight excluding hydrogens is 240 g/mol. The molecule has 1 aliphatic rings. The van der Waals surface area contributed by atoms with E-state index in [1.54, 1.807) is 6.20 Å². The van der Waals surface area contributed by atoms with Gasteiger partial charge in [-0.25, -0.2) is 9.86 Å². The van der Waals surface area contributed by atoms with Crippen LogP contribution in [0, 0.1) is 5.92 Å². The number of rotatable bonds is 4. The maximum Gasteiger partial charge on any atom is 0.348 e. The molecule has 1 aromatic carbocycles. The van der Waals surface area contributed by atoms with E-state index in [9.17, 15) is 4.79 Å². The van der Waals surface area contributed by atoms with Crippen molar-refractivity contribution in [1.82, 2.24) is 5.06 Å². The van der Waals surface area contributed by atoms with Crippen LogP contribution in [0.3, 0.4) is 0 Å². The maximum absolute atomic E-state index is 11.8. The van der Waals surface area contributed by atoms with Gasteiger partial charge in [-0.15, -0.1) is 0 Å². The number of benzene rings is 1. The average Bonchev–Trinajstić information content (AvgIpc) is 2.37. The van der Waals surface area contributed by atoms with Crippen LogP contribution in [0.4, 0.5) is 0 Å². The van der Waals surface area contributed by atoms with Crippen molar-refractivity contribution < 1.29 is 9.63 Å². The van der Waals surface area contributed by atoms with E-state index in [-0.39, 0.29) is 5.97 Å². The zero-order valence-corrected chi connectivity index (χ0v) is 11.4. The number of nitrogens with two attached hydrogens (primary N) is 1. The lowest BCUT2D eigenvalue weighted by molar-refractivity contribution is -0.182. The van der Waals surface area contributed by atoms with Gasteiger partial charge in [0.1, 0.15) is 6.04 Å². The van der Waals surface area contributed by atoms with Crippen molar-refractivity contribution in [1.29, 1.82) is 0 Å². The molecule has 1 aliphatic heterocycles. The predicted molar refractivity (Wildman–Crippen MR) is 74.5 cm³/mol. The summed E-state index contributed by atoms with van der Waals surface area (Å²) in [6.45, 7) is 4.63. The summed E-state index contributed by atoms with van der Waals surface area (Å²) in [6.07, 6.45) is 4.33. The van der Waals surface area contributed by atoms with Crippen LogP contribution < -0.4 is 5.73 Å². The first-order valence-electron chi connectivity index (χ1n) is 6.56. The summed E-state index contributed by atoms with van der Waals surface area (Å²) < 4.78 is 0. The summed E-state index contributed by atoms with van der Waals surface area (Å²) in [4.78, 5) is 17.1. The second-order valence-corrected chi connectivity index (χ2v) is 5.24. The summed E-state index contributed by atoms with van der Waals surface area (Å²) in [7, 11) is 0. The van der Waals surface area contributed by atoms with Crippen LogP contribution in [0.2, 0.25) is 0 Å². The molecule has 102 valence electrons. The van der Waals surface area contributed by atoms with Crippen molar-refractivity contribution in [3.8, 4) is 0 Å². The zero-order valence-electron chi connectivity index (χ0n) is 11.4. The van der Waals surface area contributed by atoms with Gasteiger partial charge < -0.3 is 10.6 Å². The lowest BCUT2D eigenvalue weighted by atomic mass is 10.0. The van der Waals surface area contributed by atoms with E-state index in [0.717, 1.165) is 11.1 Å². The van der Waals surface area contributed by atoms with Crippen LogP contribution in [-0.4, -0.2) is 17.1 Å². The Kier molecular flexibility index (Phi) is 4.22. The summed E-state index contributed by atoms with van der Waals surface area (Å²) in [5.74, 6) is -0.00194. The van der Waals surface area contributed by atoms with Gasteiger partial charge in [0.15, 0.2) is 0 Å². The standard InChI is InChI=1S/C15H20N2O2/c1-11(2)9-14(16)15(18)19-17-8-7-12-5-3-4-6-13(12)10-17/h3-8,11,14H,9-10,16H2,1-2H3/t14-/m1/s1. The molecule has 1 aromatic rings. The van der Waals surface area contributed by atoms with Crippen molar-refractivity contribution in [2.45, 2.75) is 32.9 Å². The Morgan fingerprint density at radius 2 is 2.16 bits per heavy atom. The van der Waals surface area contributed by atoms with E-state index < -0.39 is 6.04 Å². The van der Waals surface area contributed by atoms with Crippen molar-refractivity contribution in [3.05, 3.63) is 41.6 Å². The fraction of sp³-hybridized carbons (Fsp3) is 0.400. The minimum atomic E-state index is -0.564. The topological polar surface area (TPSA) is 55.6 Å². The van der Waals surface area contributed by atoms with Crippen LogP contribution in [0.25, 0.3) is 6.08 Å². The molecule has 0 radical (unpaired) electrons. The largest absolute Gasteiger partial charge is 0.348 e. The number of fused-ring (bicyclic) bond motifs is 1. The van der Waals surface area contributed by atoms with Gasteiger partial charge in [0.25, 0.3) is 0 Å². The first-order chi connectivity index (χ1) is 9.06. The first kappa shape index (κ1) is 13.6. The Hall–Kier alpha value is -1.81. The zero-order chi connectivity index (χ0) is 13.8. The molecule has 0 bridgehead atoms. The van der Waals surface area contributed by atoms with Crippen LogP contribution in [0.1, 0.15) is 31.4 Å². The van der Waals surface area contributed by atoms with Gasteiger partial charge in [-0.1, -0.05) is 38.1 Å². The molecule has 0 saturated heterocycles. The third-order valence-electron chi connectivity index (χ3n) is 3.04. The molecule has 0 spiro atoms. The van der Waals surface area contributed by atoms with Crippen LogP contribution in [0.5, 0.6) is 0 Å². The monoisotopic (exact) mass is 260 g/mol. The summed E-state index contributed by atoms with van der Waals surface area (Å²) >= 11 is 0. The van der Waals surface area contributed by atoms with Crippen molar-refractivity contribution >= 4 is 12.0 Å². The summed E-state index contributed by atoms with van der Waals surface area (Å²) in [6, 6.07) is 7.46. The Labute approximate surface area is 113 Å². The van der Waals surface area contributed by atoms with Gasteiger partial charge in [0.05, 0.1) is 6.54 Å². The molecule has 2 rings (SSSR count). The van der Waals surface area contributed by atoms with Gasteiger partial charge in [0, 0.05) is 6.20 Å². The average molecular weight is 260 g/mol. The van der Waals surface area contributed by atoms with Crippen molar-refractivity contribution in [2.75, 3.05) is 0 Å². The number of hydroxylamine groups is 2. The molecule has 4 nitrogen and oxygen atoms in total. The quantitative estimate of drug-likeness (QED) is 0.902. The summed E-state index contributed by atoms with van der Waals surface area (Å²) in [5.41, 5.74) is 8.09. The van der Waals surface area contributed by atoms with Gasteiger partial charge in [-0.05, 0) is 29.5 Å². The lowest BCUT2D eigenvalue weighted by Gasteiger charge is -2.25. The van der Waals surface area contributed by atoms with Crippen molar-refractivity contribution in [2.24, 2.45) is 11.7 Å². The van der Waals surface area contributed by atoms with E-state index >= 15 is 0 Å². The Morgan fingerprint density at radius 3 is 2.89 bits per heavy atom. The number of hydrogen-bond acceptors (Lipinski definition) is 4. The molecule has 19 heavy (non-hydrogen) atoms. The Balaban J connectivity index is 1.94. The van der Waals surface area contributed by atoms with Crippen LogP contribution in [-0.2, 0) is 16.2 Å². The molecule has 0 aliphatic carbocycles. The van der Waals surface area contributed by atoms with Gasteiger partial charge in [0.2, 0.25) is 0 Å². The molecule has 1 heterocycles.